The third kappa shape index (κ3) is 2.43. The molecule has 0 spiro atoms. The Balaban J connectivity index is 2.05. The molecular formula is C16H21N3. The Morgan fingerprint density at radius 1 is 1.11 bits per heavy atom. The predicted molar refractivity (Wildman–Crippen MR) is 80.9 cm³/mol. The van der Waals surface area contributed by atoms with Gasteiger partial charge in [0.25, 0.3) is 0 Å². The Kier molecular flexibility index (Phi) is 3.38. The standard InChI is InChI=1S/C16H21N3/c1-12(2)14-5-3-4-13-6-7-15(18-16(13)14)19-10-8-17-9-11-19/h3-7,12,17H,8-11H2,1-2H3. The summed E-state index contributed by atoms with van der Waals surface area (Å²) in [5.41, 5.74) is 2.50. The molecule has 2 heterocycles. The van der Waals surface area contributed by atoms with Crippen molar-refractivity contribution in [2.45, 2.75) is 19.8 Å². The van der Waals surface area contributed by atoms with Gasteiger partial charge in [-0.05, 0) is 23.6 Å². The molecule has 1 fully saturated rings. The number of benzene rings is 1. The Hall–Kier alpha value is -1.61. The summed E-state index contributed by atoms with van der Waals surface area (Å²) in [6.07, 6.45) is 0. The lowest BCUT2D eigenvalue weighted by Gasteiger charge is -2.28. The van der Waals surface area contributed by atoms with Gasteiger partial charge in [-0.2, -0.15) is 0 Å². The molecule has 1 N–H and O–H groups in total. The average Bonchev–Trinajstić information content (AvgIpc) is 2.47. The minimum Gasteiger partial charge on any atom is -0.354 e. The number of pyridine rings is 1. The molecule has 0 amide bonds. The SMILES string of the molecule is CC(C)c1cccc2ccc(N3CCNCC3)nc12. The molecule has 0 unspecified atom stereocenters. The second-order valence-corrected chi connectivity index (χ2v) is 5.48. The van der Waals surface area contributed by atoms with Crippen LogP contribution in [0.2, 0.25) is 0 Å². The zero-order chi connectivity index (χ0) is 13.2. The molecule has 0 radical (unpaired) electrons. The Labute approximate surface area is 114 Å². The summed E-state index contributed by atoms with van der Waals surface area (Å²) in [6, 6.07) is 10.8. The molecular weight excluding hydrogens is 234 g/mol. The van der Waals surface area contributed by atoms with E-state index in [0.717, 1.165) is 37.5 Å². The van der Waals surface area contributed by atoms with E-state index in [4.69, 9.17) is 4.98 Å². The number of nitrogens with one attached hydrogen (secondary N) is 1. The largest absolute Gasteiger partial charge is 0.354 e. The van der Waals surface area contributed by atoms with Crippen LogP contribution in [0.15, 0.2) is 30.3 Å². The number of para-hydroxylation sites is 1. The lowest BCUT2D eigenvalue weighted by molar-refractivity contribution is 0.585. The fourth-order valence-electron chi connectivity index (χ4n) is 2.70. The highest BCUT2D eigenvalue weighted by atomic mass is 15.2. The summed E-state index contributed by atoms with van der Waals surface area (Å²) in [5.74, 6) is 1.62. The van der Waals surface area contributed by atoms with Crippen LogP contribution < -0.4 is 10.2 Å². The van der Waals surface area contributed by atoms with Crippen molar-refractivity contribution in [1.29, 1.82) is 0 Å². The smallest absolute Gasteiger partial charge is 0.129 e. The van der Waals surface area contributed by atoms with Crippen LogP contribution in [-0.4, -0.2) is 31.2 Å². The second-order valence-electron chi connectivity index (χ2n) is 5.48. The summed E-state index contributed by atoms with van der Waals surface area (Å²) in [7, 11) is 0. The third-order valence-electron chi connectivity index (χ3n) is 3.80. The molecule has 0 bridgehead atoms. The zero-order valence-electron chi connectivity index (χ0n) is 11.7. The van der Waals surface area contributed by atoms with Crippen LogP contribution in [0.4, 0.5) is 5.82 Å². The van der Waals surface area contributed by atoms with Gasteiger partial charge in [-0.1, -0.05) is 32.0 Å². The second kappa shape index (κ2) is 5.17. The summed E-state index contributed by atoms with van der Waals surface area (Å²) < 4.78 is 0. The maximum absolute atomic E-state index is 4.92. The van der Waals surface area contributed by atoms with E-state index in [1.807, 2.05) is 0 Å². The van der Waals surface area contributed by atoms with E-state index in [1.165, 1.54) is 10.9 Å². The Bertz CT molecular complexity index is 571. The van der Waals surface area contributed by atoms with E-state index in [-0.39, 0.29) is 0 Å². The number of rotatable bonds is 2. The number of aromatic nitrogens is 1. The third-order valence-corrected chi connectivity index (χ3v) is 3.80. The van der Waals surface area contributed by atoms with Crippen LogP contribution in [0, 0.1) is 0 Å². The molecule has 1 aliphatic rings. The maximum Gasteiger partial charge on any atom is 0.129 e. The maximum atomic E-state index is 4.92. The van der Waals surface area contributed by atoms with Crippen molar-refractivity contribution in [2.75, 3.05) is 31.1 Å². The summed E-state index contributed by atoms with van der Waals surface area (Å²) in [6.45, 7) is 8.64. The summed E-state index contributed by atoms with van der Waals surface area (Å²) >= 11 is 0. The predicted octanol–water partition coefficient (Wildman–Crippen LogP) is 2.77. The van der Waals surface area contributed by atoms with Crippen molar-refractivity contribution in [2.24, 2.45) is 0 Å². The van der Waals surface area contributed by atoms with Gasteiger partial charge < -0.3 is 10.2 Å². The fourth-order valence-corrected chi connectivity index (χ4v) is 2.70. The number of piperazine rings is 1. The number of nitrogens with zero attached hydrogens (tertiary/aromatic N) is 2. The summed E-state index contributed by atoms with van der Waals surface area (Å²) in [5, 5.41) is 4.62. The topological polar surface area (TPSA) is 28.2 Å². The molecule has 3 nitrogen and oxygen atoms in total. The van der Waals surface area contributed by atoms with Gasteiger partial charge >= 0.3 is 0 Å². The van der Waals surface area contributed by atoms with E-state index in [0.29, 0.717) is 5.92 Å². The molecule has 0 atom stereocenters. The summed E-state index contributed by atoms with van der Waals surface area (Å²) in [4.78, 5) is 7.29. The first-order valence-electron chi connectivity index (χ1n) is 7.11. The van der Waals surface area contributed by atoms with Crippen molar-refractivity contribution in [3.05, 3.63) is 35.9 Å². The fraction of sp³-hybridized carbons (Fsp3) is 0.438. The van der Waals surface area contributed by atoms with Gasteiger partial charge in [-0.3, -0.25) is 0 Å². The first-order chi connectivity index (χ1) is 9.25. The van der Waals surface area contributed by atoms with E-state index < -0.39 is 0 Å². The molecule has 19 heavy (non-hydrogen) atoms. The van der Waals surface area contributed by atoms with Crippen molar-refractivity contribution >= 4 is 16.7 Å². The molecule has 0 aliphatic carbocycles. The monoisotopic (exact) mass is 255 g/mol. The van der Waals surface area contributed by atoms with Crippen LogP contribution in [0.25, 0.3) is 10.9 Å². The molecule has 1 aliphatic heterocycles. The average molecular weight is 255 g/mol. The Morgan fingerprint density at radius 2 is 1.89 bits per heavy atom. The molecule has 3 heteroatoms. The number of hydrogen-bond acceptors (Lipinski definition) is 3. The molecule has 100 valence electrons. The highest BCUT2D eigenvalue weighted by molar-refractivity contribution is 5.84. The highest BCUT2D eigenvalue weighted by Crippen LogP contribution is 2.26. The van der Waals surface area contributed by atoms with E-state index in [1.54, 1.807) is 0 Å². The van der Waals surface area contributed by atoms with E-state index in [9.17, 15) is 0 Å². The van der Waals surface area contributed by atoms with Gasteiger partial charge in [0.2, 0.25) is 0 Å². The van der Waals surface area contributed by atoms with Gasteiger partial charge in [0.1, 0.15) is 5.82 Å². The van der Waals surface area contributed by atoms with Gasteiger partial charge in [-0.15, -0.1) is 0 Å². The number of hydrogen-bond donors (Lipinski definition) is 1. The molecule has 1 aromatic heterocycles. The quantitative estimate of drug-likeness (QED) is 0.894. The van der Waals surface area contributed by atoms with Crippen molar-refractivity contribution in [1.82, 2.24) is 10.3 Å². The van der Waals surface area contributed by atoms with Gasteiger partial charge in [0.05, 0.1) is 5.52 Å². The van der Waals surface area contributed by atoms with Crippen molar-refractivity contribution in [3.8, 4) is 0 Å². The van der Waals surface area contributed by atoms with E-state index >= 15 is 0 Å². The van der Waals surface area contributed by atoms with Crippen LogP contribution in [0.1, 0.15) is 25.3 Å². The zero-order valence-corrected chi connectivity index (χ0v) is 11.7. The lowest BCUT2D eigenvalue weighted by Crippen LogP contribution is -2.43. The molecule has 3 rings (SSSR count). The Morgan fingerprint density at radius 3 is 2.63 bits per heavy atom. The van der Waals surface area contributed by atoms with Crippen LogP contribution in [0.5, 0.6) is 0 Å². The minimum absolute atomic E-state index is 0.509. The lowest BCUT2D eigenvalue weighted by atomic mass is 10.00. The van der Waals surface area contributed by atoms with Gasteiger partial charge in [-0.25, -0.2) is 4.98 Å². The van der Waals surface area contributed by atoms with Crippen LogP contribution >= 0.6 is 0 Å². The van der Waals surface area contributed by atoms with Crippen LogP contribution in [0.3, 0.4) is 0 Å². The normalized spacial score (nSPS) is 16.3. The van der Waals surface area contributed by atoms with Crippen molar-refractivity contribution in [3.63, 3.8) is 0 Å². The molecule has 1 aromatic carbocycles. The first-order valence-corrected chi connectivity index (χ1v) is 7.11. The molecule has 2 aromatic rings. The van der Waals surface area contributed by atoms with Gasteiger partial charge in [0.15, 0.2) is 0 Å². The molecule has 0 saturated carbocycles. The number of fused-ring (bicyclic) bond motifs is 1. The van der Waals surface area contributed by atoms with Crippen LogP contribution in [-0.2, 0) is 0 Å². The van der Waals surface area contributed by atoms with Gasteiger partial charge in [0, 0.05) is 31.6 Å². The number of anilines is 1. The first kappa shape index (κ1) is 12.4. The molecule has 1 saturated heterocycles. The highest BCUT2D eigenvalue weighted by Gasteiger charge is 2.13. The van der Waals surface area contributed by atoms with E-state index in [2.05, 4.69) is 54.4 Å². The minimum atomic E-state index is 0.509. The van der Waals surface area contributed by atoms with Crippen molar-refractivity contribution < 1.29 is 0 Å².